The molecule has 0 spiro atoms. The van der Waals surface area contributed by atoms with Gasteiger partial charge in [0.2, 0.25) is 0 Å². The van der Waals surface area contributed by atoms with E-state index < -0.39 is 12.1 Å². The van der Waals surface area contributed by atoms with Gasteiger partial charge in [-0.15, -0.1) is 0 Å². The number of carbonyl (C=O) groups is 1. The van der Waals surface area contributed by atoms with Crippen molar-refractivity contribution in [3.63, 3.8) is 0 Å². The first-order chi connectivity index (χ1) is 6.45. The summed E-state index contributed by atoms with van der Waals surface area (Å²) in [7, 11) is 0. The molecule has 0 aliphatic heterocycles. The van der Waals surface area contributed by atoms with Gasteiger partial charge in [0.1, 0.15) is 5.75 Å². The zero-order valence-corrected chi connectivity index (χ0v) is 7.98. The summed E-state index contributed by atoms with van der Waals surface area (Å²) in [4.78, 5) is 10.6. The highest BCUT2D eigenvalue weighted by molar-refractivity contribution is 5.75. The second-order valence-electron chi connectivity index (χ2n) is 3.18. The number of phenols is 1. The lowest BCUT2D eigenvalue weighted by molar-refractivity contribution is -0.147. The molecule has 4 heteroatoms. The monoisotopic (exact) mass is 196 g/mol. The van der Waals surface area contributed by atoms with Crippen LogP contribution in [0.4, 0.5) is 0 Å². The molecule has 1 aromatic rings. The average molecular weight is 196 g/mol. The lowest BCUT2D eigenvalue weighted by Gasteiger charge is -2.13. The Morgan fingerprint density at radius 1 is 1.36 bits per heavy atom. The van der Waals surface area contributed by atoms with Crippen molar-refractivity contribution >= 4 is 5.97 Å². The number of phenolic OH excluding ortho intramolecular Hbond substituents is 1. The highest BCUT2D eigenvalue weighted by atomic mass is 16.4. The Kier molecular flexibility index (Phi) is 2.76. The van der Waals surface area contributed by atoms with Crippen LogP contribution in [0.1, 0.15) is 22.8 Å². The molecule has 0 aliphatic rings. The van der Waals surface area contributed by atoms with Gasteiger partial charge in [0.25, 0.3) is 0 Å². The molecule has 0 fully saturated rings. The smallest absolute Gasteiger partial charge is 0.337 e. The van der Waals surface area contributed by atoms with E-state index >= 15 is 0 Å². The van der Waals surface area contributed by atoms with E-state index in [1.165, 1.54) is 6.07 Å². The van der Waals surface area contributed by atoms with Gasteiger partial charge in [-0.25, -0.2) is 4.79 Å². The number of aliphatic carboxylic acids is 1. The van der Waals surface area contributed by atoms with E-state index in [1.807, 2.05) is 0 Å². The Morgan fingerprint density at radius 3 is 2.43 bits per heavy atom. The van der Waals surface area contributed by atoms with Gasteiger partial charge < -0.3 is 15.3 Å². The van der Waals surface area contributed by atoms with Gasteiger partial charge in [-0.3, -0.25) is 0 Å². The van der Waals surface area contributed by atoms with E-state index in [0.29, 0.717) is 11.1 Å². The maximum absolute atomic E-state index is 10.6. The van der Waals surface area contributed by atoms with Gasteiger partial charge >= 0.3 is 5.97 Å². The highest BCUT2D eigenvalue weighted by Crippen LogP contribution is 2.28. The minimum Gasteiger partial charge on any atom is -0.508 e. The molecule has 4 nitrogen and oxygen atoms in total. The second-order valence-corrected chi connectivity index (χ2v) is 3.18. The zero-order valence-electron chi connectivity index (χ0n) is 7.98. The van der Waals surface area contributed by atoms with Crippen molar-refractivity contribution in [3.8, 4) is 5.75 Å². The Hall–Kier alpha value is -1.55. The summed E-state index contributed by atoms with van der Waals surface area (Å²) >= 11 is 0. The summed E-state index contributed by atoms with van der Waals surface area (Å²) < 4.78 is 0. The van der Waals surface area contributed by atoms with Crippen LogP contribution in [-0.4, -0.2) is 21.3 Å². The Bertz CT molecular complexity index is 371. The third kappa shape index (κ3) is 1.70. The summed E-state index contributed by atoms with van der Waals surface area (Å²) in [6, 6.07) is 3.05. The number of benzene rings is 1. The third-order valence-corrected chi connectivity index (χ3v) is 2.21. The summed E-state index contributed by atoms with van der Waals surface area (Å²) in [5.41, 5.74) is 1.31. The summed E-state index contributed by atoms with van der Waals surface area (Å²) in [5, 5.41) is 27.4. The molecule has 1 aromatic carbocycles. The molecule has 1 atom stereocenters. The largest absolute Gasteiger partial charge is 0.508 e. The quantitative estimate of drug-likeness (QED) is 0.662. The van der Waals surface area contributed by atoms with Crippen LogP contribution in [0.2, 0.25) is 0 Å². The summed E-state index contributed by atoms with van der Waals surface area (Å²) in [5.74, 6) is -1.33. The van der Waals surface area contributed by atoms with Gasteiger partial charge in [-0.1, -0.05) is 6.07 Å². The number of hydrogen-bond donors (Lipinski definition) is 3. The summed E-state index contributed by atoms with van der Waals surface area (Å²) in [6.07, 6.45) is -1.58. The number of aromatic hydroxyl groups is 1. The number of aliphatic hydroxyl groups excluding tert-OH is 1. The maximum Gasteiger partial charge on any atom is 0.337 e. The van der Waals surface area contributed by atoms with Gasteiger partial charge in [0, 0.05) is 5.56 Å². The molecule has 0 saturated heterocycles. The topological polar surface area (TPSA) is 77.8 Å². The number of aryl methyl sites for hydroxylation is 1. The number of hydrogen-bond acceptors (Lipinski definition) is 3. The molecule has 0 bridgehead atoms. The molecule has 1 unspecified atom stereocenters. The van der Waals surface area contributed by atoms with Crippen molar-refractivity contribution < 1.29 is 20.1 Å². The van der Waals surface area contributed by atoms with Crippen LogP contribution in [0.15, 0.2) is 12.1 Å². The number of aliphatic hydroxyl groups is 1. The van der Waals surface area contributed by atoms with Crippen molar-refractivity contribution in [2.75, 3.05) is 0 Å². The fourth-order valence-corrected chi connectivity index (χ4v) is 1.40. The second kappa shape index (κ2) is 3.67. The first-order valence-corrected chi connectivity index (χ1v) is 4.15. The van der Waals surface area contributed by atoms with Crippen LogP contribution in [-0.2, 0) is 4.79 Å². The predicted octanol–water partition coefficient (Wildman–Crippen LogP) is 1.13. The van der Waals surface area contributed by atoms with Crippen LogP contribution in [0.25, 0.3) is 0 Å². The van der Waals surface area contributed by atoms with Gasteiger partial charge in [0.05, 0.1) is 0 Å². The number of carboxylic acids is 1. The van der Waals surface area contributed by atoms with Crippen LogP contribution < -0.4 is 0 Å². The van der Waals surface area contributed by atoms with E-state index in [-0.39, 0.29) is 11.3 Å². The third-order valence-electron chi connectivity index (χ3n) is 2.21. The lowest BCUT2D eigenvalue weighted by atomic mass is 9.97. The van der Waals surface area contributed by atoms with Gasteiger partial charge in [-0.2, -0.15) is 0 Å². The average Bonchev–Trinajstić information content (AvgIpc) is 2.12. The van der Waals surface area contributed by atoms with Gasteiger partial charge in [0.15, 0.2) is 6.10 Å². The Labute approximate surface area is 81.4 Å². The van der Waals surface area contributed by atoms with Crippen molar-refractivity contribution in [3.05, 3.63) is 28.8 Å². The molecule has 3 N–H and O–H groups in total. The van der Waals surface area contributed by atoms with Crippen LogP contribution in [0.3, 0.4) is 0 Å². The SMILES string of the molecule is Cc1ccc(O)c(C)c1C(O)C(=O)O. The van der Waals surface area contributed by atoms with E-state index in [4.69, 9.17) is 5.11 Å². The van der Waals surface area contributed by atoms with Crippen LogP contribution in [0, 0.1) is 13.8 Å². The predicted molar refractivity (Wildman–Crippen MR) is 50.2 cm³/mol. The van der Waals surface area contributed by atoms with Gasteiger partial charge in [-0.05, 0) is 31.0 Å². The molecule has 14 heavy (non-hydrogen) atoms. The van der Waals surface area contributed by atoms with Crippen LogP contribution >= 0.6 is 0 Å². The molecule has 0 aromatic heterocycles. The minimum atomic E-state index is -1.58. The molecular weight excluding hydrogens is 184 g/mol. The molecule has 0 heterocycles. The normalized spacial score (nSPS) is 12.5. The van der Waals surface area contributed by atoms with E-state index in [9.17, 15) is 15.0 Å². The van der Waals surface area contributed by atoms with E-state index in [2.05, 4.69) is 0 Å². The van der Waals surface area contributed by atoms with Crippen molar-refractivity contribution in [2.45, 2.75) is 20.0 Å². The molecular formula is C10H12O4. The standard InChI is InChI=1S/C10H12O4/c1-5-3-4-7(11)6(2)8(5)9(12)10(13)14/h3-4,9,11-12H,1-2H3,(H,13,14). The molecule has 0 amide bonds. The van der Waals surface area contributed by atoms with E-state index in [1.54, 1.807) is 19.9 Å². The van der Waals surface area contributed by atoms with E-state index in [0.717, 1.165) is 0 Å². The summed E-state index contributed by atoms with van der Waals surface area (Å²) in [6.45, 7) is 3.26. The van der Waals surface area contributed by atoms with Crippen molar-refractivity contribution in [1.82, 2.24) is 0 Å². The maximum atomic E-state index is 10.6. The zero-order chi connectivity index (χ0) is 10.9. The fraction of sp³-hybridized carbons (Fsp3) is 0.300. The van der Waals surface area contributed by atoms with Crippen molar-refractivity contribution in [2.24, 2.45) is 0 Å². The number of carboxylic acid groups (broad SMARTS) is 1. The van der Waals surface area contributed by atoms with Crippen molar-refractivity contribution in [1.29, 1.82) is 0 Å². The molecule has 0 radical (unpaired) electrons. The molecule has 76 valence electrons. The molecule has 0 saturated carbocycles. The first kappa shape index (κ1) is 10.5. The first-order valence-electron chi connectivity index (χ1n) is 4.15. The fourth-order valence-electron chi connectivity index (χ4n) is 1.40. The molecule has 1 rings (SSSR count). The Morgan fingerprint density at radius 2 is 1.93 bits per heavy atom. The number of rotatable bonds is 2. The Balaban J connectivity index is 3.32. The lowest BCUT2D eigenvalue weighted by Crippen LogP contribution is -2.13. The molecule has 0 aliphatic carbocycles. The highest BCUT2D eigenvalue weighted by Gasteiger charge is 2.21. The van der Waals surface area contributed by atoms with Crippen LogP contribution in [0.5, 0.6) is 5.75 Å². The minimum absolute atomic E-state index is 0.00843.